The third-order valence-corrected chi connectivity index (χ3v) is 4.44. The van der Waals surface area contributed by atoms with Crippen molar-refractivity contribution in [2.75, 3.05) is 13.1 Å². The van der Waals surface area contributed by atoms with Gasteiger partial charge >= 0.3 is 0 Å². The summed E-state index contributed by atoms with van der Waals surface area (Å²) < 4.78 is 0. The summed E-state index contributed by atoms with van der Waals surface area (Å²) >= 11 is 1.75. The van der Waals surface area contributed by atoms with E-state index in [1.807, 2.05) is 0 Å². The number of hydrogen-bond acceptors (Lipinski definition) is 3. The molecule has 2 nitrogen and oxygen atoms in total. The van der Waals surface area contributed by atoms with Crippen molar-refractivity contribution in [1.29, 1.82) is 0 Å². The fourth-order valence-corrected chi connectivity index (χ4v) is 3.14. The van der Waals surface area contributed by atoms with Crippen LogP contribution in [0, 0.1) is 19.8 Å². The number of hydrogen-bond donors (Lipinski definition) is 1. The molecule has 1 N–H and O–H groups in total. The predicted octanol–water partition coefficient (Wildman–Crippen LogP) is 3.77. The van der Waals surface area contributed by atoms with Crippen LogP contribution in [0.3, 0.4) is 0 Å². The van der Waals surface area contributed by atoms with Crippen molar-refractivity contribution in [2.24, 2.45) is 5.92 Å². The van der Waals surface area contributed by atoms with Crippen LogP contribution < -0.4 is 5.32 Å². The van der Waals surface area contributed by atoms with Gasteiger partial charge in [-0.3, -0.25) is 0 Å². The van der Waals surface area contributed by atoms with Crippen LogP contribution in [0.25, 0.3) is 0 Å². The molecule has 108 valence electrons. The number of benzene rings is 1. The summed E-state index contributed by atoms with van der Waals surface area (Å²) in [6.45, 7) is 8.53. The first-order valence-corrected chi connectivity index (χ1v) is 8.23. The first-order valence-electron chi connectivity index (χ1n) is 7.35. The van der Waals surface area contributed by atoms with Crippen LogP contribution in [-0.2, 0) is 12.8 Å². The van der Waals surface area contributed by atoms with Crippen molar-refractivity contribution < 1.29 is 0 Å². The third kappa shape index (κ3) is 4.43. The monoisotopic (exact) mass is 288 g/mol. The summed E-state index contributed by atoms with van der Waals surface area (Å²) in [7, 11) is 0. The van der Waals surface area contributed by atoms with E-state index in [0.717, 1.165) is 30.9 Å². The number of rotatable bonds is 7. The van der Waals surface area contributed by atoms with E-state index < -0.39 is 0 Å². The molecule has 0 saturated carbocycles. The summed E-state index contributed by atoms with van der Waals surface area (Å²) in [6.07, 6.45) is 2.18. The van der Waals surface area contributed by atoms with Gasteiger partial charge < -0.3 is 5.32 Å². The van der Waals surface area contributed by atoms with Gasteiger partial charge in [-0.25, -0.2) is 4.98 Å². The number of nitrogens with one attached hydrogen (secondary N) is 1. The molecule has 1 aromatic heterocycles. The van der Waals surface area contributed by atoms with Gasteiger partial charge in [-0.2, -0.15) is 0 Å². The largest absolute Gasteiger partial charge is 0.317 e. The molecule has 0 fully saturated rings. The van der Waals surface area contributed by atoms with E-state index in [1.54, 1.807) is 11.3 Å². The topological polar surface area (TPSA) is 24.9 Å². The van der Waals surface area contributed by atoms with Crippen molar-refractivity contribution in [3.63, 3.8) is 0 Å². The van der Waals surface area contributed by atoms with E-state index in [2.05, 4.69) is 60.7 Å². The molecule has 0 aliphatic heterocycles. The van der Waals surface area contributed by atoms with Crippen molar-refractivity contribution in [2.45, 2.75) is 33.6 Å². The van der Waals surface area contributed by atoms with Crippen LogP contribution in [0.2, 0.25) is 0 Å². The fourth-order valence-electron chi connectivity index (χ4n) is 2.51. The minimum atomic E-state index is 0.609. The van der Waals surface area contributed by atoms with Gasteiger partial charge in [0.25, 0.3) is 0 Å². The second kappa shape index (κ2) is 7.55. The van der Waals surface area contributed by atoms with Crippen LogP contribution >= 0.6 is 11.3 Å². The Balaban J connectivity index is 2.05. The lowest BCUT2D eigenvalue weighted by atomic mass is 9.92. The van der Waals surface area contributed by atoms with E-state index in [0.29, 0.717) is 5.92 Å². The highest BCUT2D eigenvalue weighted by Gasteiger charge is 2.13. The van der Waals surface area contributed by atoms with Gasteiger partial charge in [0, 0.05) is 5.38 Å². The molecule has 0 aliphatic rings. The lowest BCUT2D eigenvalue weighted by Crippen LogP contribution is -2.26. The van der Waals surface area contributed by atoms with Gasteiger partial charge in [0.15, 0.2) is 0 Å². The molecular formula is C17H24N2S. The minimum absolute atomic E-state index is 0.609. The van der Waals surface area contributed by atoms with Gasteiger partial charge in [-0.1, -0.05) is 31.2 Å². The quantitative estimate of drug-likeness (QED) is 0.839. The molecule has 0 saturated heterocycles. The zero-order valence-corrected chi connectivity index (χ0v) is 13.5. The number of nitrogens with zero attached hydrogens (tertiary/aromatic N) is 1. The third-order valence-electron chi connectivity index (χ3n) is 3.62. The molecule has 20 heavy (non-hydrogen) atoms. The Morgan fingerprint density at radius 3 is 2.65 bits per heavy atom. The smallest absolute Gasteiger partial charge is 0.0897 e. The van der Waals surface area contributed by atoms with E-state index in [4.69, 9.17) is 0 Å². The van der Waals surface area contributed by atoms with Crippen molar-refractivity contribution in [1.82, 2.24) is 10.3 Å². The van der Waals surface area contributed by atoms with E-state index >= 15 is 0 Å². The molecule has 0 spiro atoms. The zero-order valence-electron chi connectivity index (χ0n) is 12.6. The molecule has 3 heteroatoms. The lowest BCUT2D eigenvalue weighted by Gasteiger charge is -2.17. The number of thiazole rings is 1. The number of aromatic nitrogens is 1. The minimum Gasteiger partial charge on any atom is -0.317 e. The Hall–Kier alpha value is -1.19. The van der Waals surface area contributed by atoms with Crippen molar-refractivity contribution in [3.05, 3.63) is 51.5 Å². The van der Waals surface area contributed by atoms with Gasteiger partial charge in [0.05, 0.1) is 10.7 Å². The Kier molecular flexibility index (Phi) is 5.74. The molecule has 1 aromatic carbocycles. The Bertz CT molecular complexity index is 533. The maximum Gasteiger partial charge on any atom is 0.0897 e. The van der Waals surface area contributed by atoms with Crippen molar-refractivity contribution >= 4 is 11.3 Å². The van der Waals surface area contributed by atoms with E-state index in [9.17, 15) is 0 Å². The maximum atomic E-state index is 4.61. The highest BCUT2D eigenvalue weighted by molar-refractivity contribution is 7.09. The number of aryl methyl sites for hydroxylation is 2. The summed E-state index contributed by atoms with van der Waals surface area (Å²) in [5.41, 5.74) is 4.09. The van der Waals surface area contributed by atoms with Gasteiger partial charge in [-0.15, -0.1) is 11.3 Å². The maximum absolute atomic E-state index is 4.61. The summed E-state index contributed by atoms with van der Waals surface area (Å²) in [5.74, 6) is 0.609. The van der Waals surface area contributed by atoms with Crippen molar-refractivity contribution in [3.8, 4) is 0 Å². The lowest BCUT2D eigenvalue weighted by molar-refractivity contribution is 0.473. The van der Waals surface area contributed by atoms with Crippen LogP contribution in [0.1, 0.15) is 28.8 Å². The first kappa shape index (κ1) is 15.2. The van der Waals surface area contributed by atoms with E-state index in [1.165, 1.54) is 16.8 Å². The van der Waals surface area contributed by atoms with Crippen LogP contribution in [-0.4, -0.2) is 18.1 Å². The SMILES string of the molecule is CCNCC(Cc1csc(C)n1)Cc1ccccc1C. The molecule has 0 radical (unpaired) electrons. The van der Waals surface area contributed by atoms with Crippen LogP contribution in [0.15, 0.2) is 29.6 Å². The van der Waals surface area contributed by atoms with E-state index in [-0.39, 0.29) is 0 Å². The Morgan fingerprint density at radius 1 is 1.20 bits per heavy atom. The normalized spacial score (nSPS) is 12.6. The molecular weight excluding hydrogens is 264 g/mol. The molecule has 2 rings (SSSR count). The molecule has 0 aliphatic carbocycles. The van der Waals surface area contributed by atoms with Gasteiger partial charge in [0.1, 0.15) is 0 Å². The molecule has 1 heterocycles. The molecule has 0 bridgehead atoms. The van der Waals surface area contributed by atoms with Gasteiger partial charge in [0.2, 0.25) is 0 Å². The Morgan fingerprint density at radius 2 is 2.00 bits per heavy atom. The summed E-state index contributed by atoms with van der Waals surface area (Å²) in [6, 6.07) is 8.70. The molecule has 2 aromatic rings. The summed E-state index contributed by atoms with van der Waals surface area (Å²) in [5, 5.41) is 6.86. The van der Waals surface area contributed by atoms with Gasteiger partial charge in [-0.05, 0) is 56.8 Å². The average molecular weight is 288 g/mol. The van der Waals surface area contributed by atoms with Crippen LogP contribution in [0.4, 0.5) is 0 Å². The second-order valence-corrected chi connectivity index (χ2v) is 6.43. The first-order chi connectivity index (χ1) is 9.69. The summed E-state index contributed by atoms with van der Waals surface area (Å²) in [4.78, 5) is 4.61. The molecule has 0 amide bonds. The van der Waals surface area contributed by atoms with Crippen LogP contribution in [0.5, 0.6) is 0 Å². The standard InChI is InChI=1S/C17H24N2S/c1-4-18-11-15(10-17-12-20-14(3)19-17)9-16-8-6-5-7-13(16)2/h5-8,12,15,18H,4,9-11H2,1-3H3. The predicted molar refractivity (Wildman–Crippen MR) is 87.5 cm³/mol. The average Bonchev–Trinajstić information content (AvgIpc) is 2.84. The fraction of sp³-hybridized carbons (Fsp3) is 0.471. The zero-order chi connectivity index (χ0) is 14.4. The Labute approximate surface area is 126 Å². The molecule has 1 unspecified atom stereocenters. The second-order valence-electron chi connectivity index (χ2n) is 5.37. The highest BCUT2D eigenvalue weighted by Crippen LogP contribution is 2.18. The molecule has 1 atom stereocenters. The highest BCUT2D eigenvalue weighted by atomic mass is 32.1.